The van der Waals surface area contributed by atoms with Crippen LogP contribution < -0.4 is 5.73 Å². The van der Waals surface area contributed by atoms with Gasteiger partial charge in [0.2, 0.25) is 0 Å². The van der Waals surface area contributed by atoms with Gasteiger partial charge < -0.3 is 10.5 Å². The van der Waals surface area contributed by atoms with Crippen LogP contribution in [0.15, 0.2) is 0 Å². The van der Waals surface area contributed by atoms with Crippen LogP contribution in [0.4, 0.5) is 5.00 Å². The SMILES string of the molecule is CCOC(=O)C1CCCN(Cc2nnsc2N)C1. The molecule has 18 heavy (non-hydrogen) atoms. The van der Waals surface area contributed by atoms with Gasteiger partial charge in [0.25, 0.3) is 0 Å². The Bertz CT molecular complexity index is 410. The zero-order chi connectivity index (χ0) is 13.0. The summed E-state index contributed by atoms with van der Waals surface area (Å²) in [7, 11) is 0. The van der Waals surface area contributed by atoms with Crippen molar-refractivity contribution in [3.05, 3.63) is 5.69 Å². The van der Waals surface area contributed by atoms with E-state index in [1.165, 1.54) is 11.5 Å². The second kappa shape index (κ2) is 6.10. The molecule has 1 saturated heterocycles. The second-order valence-corrected chi connectivity index (χ2v) is 5.20. The van der Waals surface area contributed by atoms with Crippen molar-refractivity contribution in [1.82, 2.24) is 14.5 Å². The third-order valence-electron chi connectivity index (χ3n) is 3.08. The van der Waals surface area contributed by atoms with Crippen LogP contribution in [0.25, 0.3) is 0 Å². The molecule has 6 nitrogen and oxygen atoms in total. The first-order chi connectivity index (χ1) is 8.70. The average Bonchev–Trinajstić information content (AvgIpc) is 2.76. The van der Waals surface area contributed by atoms with E-state index < -0.39 is 0 Å². The normalized spacial score (nSPS) is 20.8. The van der Waals surface area contributed by atoms with Crippen LogP contribution in [0, 0.1) is 5.92 Å². The van der Waals surface area contributed by atoms with Crippen molar-refractivity contribution in [2.45, 2.75) is 26.3 Å². The molecule has 100 valence electrons. The van der Waals surface area contributed by atoms with Crippen molar-refractivity contribution < 1.29 is 9.53 Å². The lowest BCUT2D eigenvalue weighted by Crippen LogP contribution is -2.39. The monoisotopic (exact) mass is 270 g/mol. The Morgan fingerprint density at radius 3 is 3.17 bits per heavy atom. The van der Waals surface area contributed by atoms with E-state index in [1.807, 2.05) is 6.92 Å². The van der Waals surface area contributed by atoms with Gasteiger partial charge in [0.1, 0.15) is 10.7 Å². The van der Waals surface area contributed by atoms with E-state index in [2.05, 4.69) is 14.5 Å². The van der Waals surface area contributed by atoms with Gasteiger partial charge in [-0.05, 0) is 26.3 Å². The van der Waals surface area contributed by atoms with Crippen LogP contribution >= 0.6 is 11.5 Å². The number of hydrogen-bond donors (Lipinski definition) is 1. The number of likely N-dealkylation sites (tertiary alicyclic amines) is 1. The molecule has 0 amide bonds. The average molecular weight is 270 g/mol. The fourth-order valence-corrected chi connectivity index (χ4v) is 2.63. The van der Waals surface area contributed by atoms with Crippen molar-refractivity contribution in [3.63, 3.8) is 0 Å². The van der Waals surface area contributed by atoms with Gasteiger partial charge in [-0.1, -0.05) is 4.49 Å². The highest BCUT2D eigenvalue weighted by Gasteiger charge is 2.27. The van der Waals surface area contributed by atoms with E-state index in [1.54, 1.807) is 0 Å². The van der Waals surface area contributed by atoms with Crippen LogP contribution in [-0.4, -0.2) is 40.2 Å². The summed E-state index contributed by atoms with van der Waals surface area (Å²) in [4.78, 5) is 13.9. The molecule has 0 saturated carbocycles. The number of nitrogens with zero attached hydrogens (tertiary/aromatic N) is 3. The summed E-state index contributed by atoms with van der Waals surface area (Å²) >= 11 is 1.21. The molecule has 0 aliphatic carbocycles. The van der Waals surface area contributed by atoms with Gasteiger partial charge in [-0.15, -0.1) is 5.10 Å². The number of anilines is 1. The van der Waals surface area contributed by atoms with Crippen molar-refractivity contribution in [3.8, 4) is 0 Å². The molecule has 0 bridgehead atoms. The lowest BCUT2D eigenvalue weighted by atomic mass is 9.98. The molecule has 2 N–H and O–H groups in total. The molecule has 0 radical (unpaired) electrons. The Kier molecular flexibility index (Phi) is 4.48. The molecule has 0 spiro atoms. The molecule has 1 aliphatic rings. The van der Waals surface area contributed by atoms with Gasteiger partial charge in [-0.25, -0.2) is 0 Å². The van der Waals surface area contributed by atoms with Crippen molar-refractivity contribution in [2.24, 2.45) is 5.92 Å². The predicted molar refractivity (Wildman–Crippen MR) is 69.0 cm³/mol. The number of carbonyl (C=O) groups is 1. The molecule has 7 heteroatoms. The Morgan fingerprint density at radius 1 is 1.67 bits per heavy atom. The highest BCUT2D eigenvalue weighted by molar-refractivity contribution is 7.09. The van der Waals surface area contributed by atoms with E-state index >= 15 is 0 Å². The minimum atomic E-state index is -0.0911. The van der Waals surface area contributed by atoms with E-state index in [4.69, 9.17) is 10.5 Å². The number of aromatic nitrogens is 2. The lowest BCUT2D eigenvalue weighted by Gasteiger charge is -2.30. The molecule has 1 fully saturated rings. The van der Waals surface area contributed by atoms with Gasteiger partial charge in [0.05, 0.1) is 12.5 Å². The number of carbonyl (C=O) groups excluding carboxylic acids is 1. The molecule has 1 aromatic heterocycles. The molecule has 1 aliphatic heterocycles. The maximum absolute atomic E-state index is 11.7. The van der Waals surface area contributed by atoms with E-state index in [-0.39, 0.29) is 11.9 Å². The number of piperidine rings is 1. The van der Waals surface area contributed by atoms with Crippen LogP contribution in [0.5, 0.6) is 0 Å². The van der Waals surface area contributed by atoms with Crippen LogP contribution in [0.3, 0.4) is 0 Å². The number of ether oxygens (including phenoxy) is 1. The lowest BCUT2D eigenvalue weighted by molar-refractivity contribution is -0.150. The van der Waals surface area contributed by atoms with Gasteiger partial charge in [0, 0.05) is 24.6 Å². The van der Waals surface area contributed by atoms with Gasteiger partial charge in [-0.3, -0.25) is 9.69 Å². The molecule has 2 rings (SSSR count). The van der Waals surface area contributed by atoms with E-state index in [0.29, 0.717) is 18.2 Å². The summed E-state index contributed by atoms with van der Waals surface area (Å²) in [5.74, 6) is -0.113. The Balaban J connectivity index is 1.91. The molecular weight excluding hydrogens is 252 g/mol. The van der Waals surface area contributed by atoms with Crippen LogP contribution in [-0.2, 0) is 16.1 Å². The first-order valence-electron chi connectivity index (χ1n) is 6.16. The molecule has 2 heterocycles. The summed E-state index contributed by atoms with van der Waals surface area (Å²) in [6.07, 6.45) is 1.90. The fourth-order valence-electron chi connectivity index (χ4n) is 2.19. The Hall–Kier alpha value is -1.21. The number of esters is 1. The predicted octanol–water partition coefficient (Wildman–Crippen LogP) is 0.895. The minimum absolute atomic E-state index is 0.0217. The highest BCUT2D eigenvalue weighted by Crippen LogP contribution is 2.21. The maximum Gasteiger partial charge on any atom is 0.310 e. The zero-order valence-electron chi connectivity index (χ0n) is 10.5. The highest BCUT2D eigenvalue weighted by atomic mass is 32.1. The first-order valence-corrected chi connectivity index (χ1v) is 6.93. The number of hydrogen-bond acceptors (Lipinski definition) is 7. The summed E-state index contributed by atoms with van der Waals surface area (Å²) in [6, 6.07) is 0. The molecule has 0 aromatic carbocycles. The maximum atomic E-state index is 11.7. The third-order valence-corrected chi connectivity index (χ3v) is 3.68. The summed E-state index contributed by atoms with van der Waals surface area (Å²) < 4.78 is 8.89. The van der Waals surface area contributed by atoms with Crippen molar-refractivity contribution in [1.29, 1.82) is 0 Å². The molecule has 1 atom stereocenters. The number of nitrogens with two attached hydrogens (primary N) is 1. The topological polar surface area (TPSA) is 81.3 Å². The van der Waals surface area contributed by atoms with Crippen LogP contribution in [0.1, 0.15) is 25.5 Å². The second-order valence-electron chi connectivity index (χ2n) is 4.41. The quantitative estimate of drug-likeness (QED) is 0.818. The fraction of sp³-hybridized carbons (Fsp3) is 0.727. The molecular formula is C11H18N4O2S. The number of nitrogen functional groups attached to an aromatic ring is 1. The largest absolute Gasteiger partial charge is 0.466 e. The van der Waals surface area contributed by atoms with Gasteiger partial charge in [0.15, 0.2) is 0 Å². The van der Waals surface area contributed by atoms with E-state index in [9.17, 15) is 4.79 Å². The third kappa shape index (κ3) is 3.17. The molecule has 1 unspecified atom stereocenters. The number of rotatable bonds is 4. The Morgan fingerprint density at radius 2 is 2.50 bits per heavy atom. The summed E-state index contributed by atoms with van der Waals surface area (Å²) in [5.41, 5.74) is 6.58. The van der Waals surface area contributed by atoms with Gasteiger partial charge >= 0.3 is 5.97 Å². The molecule has 1 aromatic rings. The standard InChI is InChI=1S/C11H18N4O2S/c1-2-17-11(16)8-4-3-5-15(6-8)7-9-10(12)18-14-13-9/h8H,2-7,12H2,1H3. The summed E-state index contributed by atoms with van der Waals surface area (Å²) in [5, 5.41) is 4.66. The first kappa shape index (κ1) is 13.2. The smallest absolute Gasteiger partial charge is 0.310 e. The minimum Gasteiger partial charge on any atom is -0.466 e. The van der Waals surface area contributed by atoms with Crippen molar-refractivity contribution >= 4 is 22.5 Å². The van der Waals surface area contributed by atoms with Gasteiger partial charge in [-0.2, -0.15) is 0 Å². The Labute approximate surface area is 110 Å². The zero-order valence-corrected chi connectivity index (χ0v) is 11.3. The van der Waals surface area contributed by atoms with Crippen molar-refractivity contribution in [2.75, 3.05) is 25.4 Å². The van der Waals surface area contributed by atoms with Crippen LogP contribution in [0.2, 0.25) is 0 Å². The summed E-state index contributed by atoms with van der Waals surface area (Å²) in [6.45, 7) is 4.62. The van der Waals surface area contributed by atoms with E-state index in [0.717, 1.165) is 31.6 Å².